The Kier molecular flexibility index (Phi) is 3.39. The number of carbonyl (C=O) groups excluding carboxylic acids is 1. The van der Waals surface area contributed by atoms with Gasteiger partial charge in [-0.15, -0.1) is 0 Å². The number of hydrogen-bond acceptors (Lipinski definition) is 4. The number of rotatable bonds is 2. The molecule has 0 aromatic carbocycles. The van der Waals surface area contributed by atoms with E-state index in [0.717, 1.165) is 17.6 Å². The first kappa shape index (κ1) is 13.3. The summed E-state index contributed by atoms with van der Waals surface area (Å²) in [5, 5.41) is 0. The molecule has 1 aliphatic rings. The topological polar surface area (TPSA) is 87.9 Å². The van der Waals surface area contributed by atoms with Crippen molar-refractivity contribution in [3.8, 4) is 0 Å². The second kappa shape index (κ2) is 5.35. The maximum absolute atomic E-state index is 12.9. The SMILES string of the molecule is N/C=C(/C(=O)N1CCc2nc[nH]c2C1)c1ccc(F)cn1. The summed E-state index contributed by atoms with van der Waals surface area (Å²) in [7, 11) is 0. The van der Waals surface area contributed by atoms with E-state index in [4.69, 9.17) is 5.73 Å². The van der Waals surface area contributed by atoms with E-state index in [-0.39, 0.29) is 11.5 Å². The lowest BCUT2D eigenvalue weighted by Crippen LogP contribution is -2.36. The summed E-state index contributed by atoms with van der Waals surface area (Å²) in [4.78, 5) is 25.4. The number of amides is 1. The van der Waals surface area contributed by atoms with E-state index >= 15 is 0 Å². The summed E-state index contributed by atoms with van der Waals surface area (Å²) in [6.45, 7) is 1.02. The molecule has 2 aromatic heterocycles. The van der Waals surface area contributed by atoms with Gasteiger partial charge >= 0.3 is 0 Å². The van der Waals surface area contributed by atoms with Crippen LogP contribution in [0.2, 0.25) is 0 Å². The third-order valence-electron chi connectivity index (χ3n) is 3.46. The summed E-state index contributed by atoms with van der Waals surface area (Å²) in [5.41, 5.74) is 8.10. The van der Waals surface area contributed by atoms with Crippen LogP contribution in [0.15, 0.2) is 30.9 Å². The first-order chi connectivity index (χ1) is 10.2. The number of nitrogens with zero attached hydrogens (tertiary/aromatic N) is 3. The Balaban J connectivity index is 1.82. The summed E-state index contributed by atoms with van der Waals surface area (Å²) in [6, 6.07) is 2.69. The molecule has 0 atom stereocenters. The van der Waals surface area contributed by atoms with Crippen LogP contribution in [0.4, 0.5) is 4.39 Å². The highest BCUT2D eigenvalue weighted by molar-refractivity contribution is 6.18. The molecule has 1 aliphatic heterocycles. The Morgan fingerprint density at radius 1 is 1.43 bits per heavy atom. The molecule has 2 aromatic rings. The van der Waals surface area contributed by atoms with Crippen LogP contribution < -0.4 is 5.73 Å². The molecule has 0 radical (unpaired) electrons. The second-order valence-electron chi connectivity index (χ2n) is 4.75. The minimum Gasteiger partial charge on any atom is -0.404 e. The molecule has 0 unspecified atom stereocenters. The molecule has 0 saturated carbocycles. The number of nitrogens with one attached hydrogen (secondary N) is 1. The molecule has 6 nitrogen and oxygen atoms in total. The lowest BCUT2D eigenvalue weighted by atomic mass is 10.1. The number of imidazole rings is 1. The van der Waals surface area contributed by atoms with Crippen molar-refractivity contribution >= 4 is 11.5 Å². The fourth-order valence-corrected chi connectivity index (χ4v) is 2.36. The molecule has 3 N–H and O–H groups in total. The third kappa shape index (κ3) is 2.49. The van der Waals surface area contributed by atoms with E-state index in [1.54, 1.807) is 11.2 Å². The zero-order valence-electron chi connectivity index (χ0n) is 11.2. The molecule has 0 saturated heterocycles. The van der Waals surface area contributed by atoms with Gasteiger partial charge in [0.15, 0.2) is 0 Å². The summed E-state index contributed by atoms with van der Waals surface area (Å²) in [6.07, 6.45) is 4.60. The van der Waals surface area contributed by atoms with E-state index in [1.165, 1.54) is 18.3 Å². The summed E-state index contributed by atoms with van der Waals surface area (Å²) in [5.74, 6) is -0.681. The van der Waals surface area contributed by atoms with Gasteiger partial charge in [0.05, 0.1) is 41.7 Å². The second-order valence-corrected chi connectivity index (χ2v) is 4.75. The van der Waals surface area contributed by atoms with E-state index in [1.807, 2.05) is 0 Å². The van der Waals surface area contributed by atoms with Crippen LogP contribution in [0, 0.1) is 5.82 Å². The van der Waals surface area contributed by atoms with Gasteiger partial charge in [-0.05, 0) is 12.1 Å². The Morgan fingerprint density at radius 2 is 2.29 bits per heavy atom. The van der Waals surface area contributed by atoms with Gasteiger partial charge in [0.2, 0.25) is 0 Å². The normalized spacial score (nSPS) is 14.9. The highest BCUT2D eigenvalue weighted by atomic mass is 19.1. The Bertz CT molecular complexity index is 692. The number of H-pyrrole nitrogens is 1. The molecule has 3 heterocycles. The van der Waals surface area contributed by atoms with Crippen LogP contribution in [0.5, 0.6) is 0 Å². The van der Waals surface area contributed by atoms with Gasteiger partial charge in [-0.2, -0.15) is 0 Å². The Morgan fingerprint density at radius 3 is 3.00 bits per heavy atom. The van der Waals surface area contributed by atoms with Crippen molar-refractivity contribution in [3.63, 3.8) is 0 Å². The Labute approximate surface area is 120 Å². The zero-order valence-corrected chi connectivity index (χ0v) is 11.2. The molecular formula is C14H14FN5O. The number of aromatic nitrogens is 3. The molecule has 0 spiro atoms. The van der Waals surface area contributed by atoms with E-state index in [9.17, 15) is 9.18 Å². The maximum atomic E-state index is 12.9. The number of pyridine rings is 1. The van der Waals surface area contributed by atoms with Gasteiger partial charge in [0, 0.05) is 19.2 Å². The van der Waals surface area contributed by atoms with Crippen molar-refractivity contribution in [1.29, 1.82) is 0 Å². The van der Waals surface area contributed by atoms with E-state index < -0.39 is 5.82 Å². The van der Waals surface area contributed by atoms with Gasteiger partial charge in [0.25, 0.3) is 5.91 Å². The fourth-order valence-electron chi connectivity index (χ4n) is 2.36. The van der Waals surface area contributed by atoms with E-state index in [0.29, 0.717) is 25.2 Å². The molecular weight excluding hydrogens is 273 g/mol. The molecule has 3 rings (SSSR count). The van der Waals surface area contributed by atoms with Crippen LogP contribution in [-0.4, -0.2) is 32.3 Å². The number of carbonyl (C=O) groups is 1. The van der Waals surface area contributed by atoms with Crippen LogP contribution in [0.1, 0.15) is 17.1 Å². The van der Waals surface area contributed by atoms with Crippen LogP contribution >= 0.6 is 0 Å². The van der Waals surface area contributed by atoms with Crippen LogP contribution in [0.25, 0.3) is 5.57 Å². The minimum atomic E-state index is -0.456. The molecule has 21 heavy (non-hydrogen) atoms. The van der Waals surface area contributed by atoms with Gasteiger partial charge in [-0.25, -0.2) is 9.37 Å². The molecule has 108 valence electrons. The van der Waals surface area contributed by atoms with Crippen molar-refractivity contribution in [2.75, 3.05) is 6.54 Å². The van der Waals surface area contributed by atoms with Crippen molar-refractivity contribution in [1.82, 2.24) is 19.9 Å². The number of aromatic amines is 1. The molecule has 1 amide bonds. The first-order valence-corrected chi connectivity index (χ1v) is 6.53. The fraction of sp³-hybridized carbons (Fsp3) is 0.214. The van der Waals surface area contributed by atoms with Gasteiger partial charge in [-0.3, -0.25) is 9.78 Å². The lowest BCUT2D eigenvalue weighted by molar-refractivity contribution is -0.126. The predicted molar refractivity (Wildman–Crippen MR) is 74.1 cm³/mol. The average Bonchev–Trinajstić information content (AvgIpc) is 2.97. The minimum absolute atomic E-state index is 0.225. The molecule has 0 fully saturated rings. The smallest absolute Gasteiger partial charge is 0.257 e. The lowest BCUT2D eigenvalue weighted by Gasteiger charge is -2.27. The largest absolute Gasteiger partial charge is 0.404 e. The van der Waals surface area contributed by atoms with Crippen LogP contribution in [0.3, 0.4) is 0 Å². The van der Waals surface area contributed by atoms with Gasteiger partial charge in [0.1, 0.15) is 5.82 Å². The summed E-state index contributed by atoms with van der Waals surface area (Å²) >= 11 is 0. The number of hydrogen-bond donors (Lipinski definition) is 2. The molecule has 0 bridgehead atoms. The van der Waals surface area contributed by atoms with E-state index in [2.05, 4.69) is 15.0 Å². The summed E-state index contributed by atoms with van der Waals surface area (Å²) < 4.78 is 12.9. The van der Waals surface area contributed by atoms with Crippen molar-refractivity contribution < 1.29 is 9.18 Å². The van der Waals surface area contributed by atoms with Gasteiger partial charge in [-0.1, -0.05) is 0 Å². The molecule has 7 heteroatoms. The number of fused-ring (bicyclic) bond motifs is 1. The third-order valence-corrected chi connectivity index (χ3v) is 3.46. The van der Waals surface area contributed by atoms with Crippen molar-refractivity contribution in [3.05, 3.63) is 53.8 Å². The highest BCUT2D eigenvalue weighted by Crippen LogP contribution is 2.20. The zero-order chi connectivity index (χ0) is 14.8. The van der Waals surface area contributed by atoms with Crippen molar-refractivity contribution in [2.45, 2.75) is 13.0 Å². The predicted octanol–water partition coefficient (Wildman–Crippen LogP) is 0.828. The van der Waals surface area contributed by atoms with Crippen LogP contribution in [-0.2, 0) is 17.8 Å². The van der Waals surface area contributed by atoms with Crippen molar-refractivity contribution in [2.24, 2.45) is 5.73 Å². The number of halogens is 1. The maximum Gasteiger partial charge on any atom is 0.257 e. The average molecular weight is 287 g/mol. The van der Waals surface area contributed by atoms with Gasteiger partial charge < -0.3 is 15.6 Å². The highest BCUT2D eigenvalue weighted by Gasteiger charge is 2.25. The monoisotopic (exact) mass is 287 g/mol. The number of nitrogens with two attached hydrogens (primary N) is 1. The Hall–Kier alpha value is -2.70. The quantitative estimate of drug-likeness (QED) is 0.801. The standard InChI is InChI=1S/C14H14FN5O/c15-9-1-2-11(17-6-9)10(5-16)14(21)20-4-3-12-13(7-20)19-8-18-12/h1-2,5-6,8H,3-4,7,16H2,(H,18,19)/b10-5+. The molecule has 0 aliphatic carbocycles. The first-order valence-electron chi connectivity index (χ1n) is 6.53.